The van der Waals surface area contributed by atoms with Crippen LogP contribution < -0.4 is 10.5 Å². The molecule has 1 aliphatic rings. The second-order valence-corrected chi connectivity index (χ2v) is 4.45. The van der Waals surface area contributed by atoms with Crippen molar-refractivity contribution in [3.8, 4) is 5.75 Å². The third-order valence-corrected chi connectivity index (χ3v) is 2.92. The fraction of sp³-hybridized carbons (Fsp3) is 0.308. The molecular formula is C13H15N3O. The van der Waals surface area contributed by atoms with Crippen LogP contribution in [0.15, 0.2) is 30.3 Å². The Bertz CT molecular complexity index is 500. The van der Waals surface area contributed by atoms with Gasteiger partial charge in [0.15, 0.2) is 0 Å². The van der Waals surface area contributed by atoms with Crippen molar-refractivity contribution in [3.63, 3.8) is 0 Å². The Hall–Kier alpha value is -1.97. The summed E-state index contributed by atoms with van der Waals surface area (Å²) in [6.45, 7) is 0.517. The molecule has 0 aliphatic heterocycles. The van der Waals surface area contributed by atoms with Crippen LogP contribution in [-0.4, -0.2) is 10.2 Å². The highest BCUT2D eigenvalue weighted by molar-refractivity contribution is 5.41. The highest BCUT2D eigenvalue weighted by atomic mass is 16.5. The molecule has 1 aliphatic carbocycles. The molecule has 0 bridgehead atoms. The van der Waals surface area contributed by atoms with Gasteiger partial charge in [-0.3, -0.25) is 5.10 Å². The van der Waals surface area contributed by atoms with E-state index in [-0.39, 0.29) is 0 Å². The third-order valence-electron chi connectivity index (χ3n) is 2.92. The molecule has 0 unspecified atom stereocenters. The van der Waals surface area contributed by atoms with E-state index >= 15 is 0 Å². The van der Waals surface area contributed by atoms with Gasteiger partial charge in [-0.05, 0) is 43.2 Å². The number of nitrogen functional groups attached to an aromatic ring is 1. The van der Waals surface area contributed by atoms with Gasteiger partial charge in [-0.25, -0.2) is 0 Å². The van der Waals surface area contributed by atoms with Gasteiger partial charge in [0, 0.05) is 11.6 Å². The largest absolute Gasteiger partial charge is 0.487 e. The minimum atomic E-state index is 0.517. The van der Waals surface area contributed by atoms with Crippen LogP contribution in [0.2, 0.25) is 0 Å². The van der Waals surface area contributed by atoms with Crippen molar-refractivity contribution >= 4 is 5.69 Å². The molecule has 17 heavy (non-hydrogen) atoms. The first-order chi connectivity index (χ1) is 8.31. The van der Waals surface area contributed by atoms with E-state index in [0.717, 1.165) is 17.1 Å². The molecule has 4 nitrogen and oxygen atoms in total. The molecule has 1 aromatic carbocycles. The minimum Gasteiger partial charge on any atom is -0.487 e. The third kappa shape index (κ3) is 2.41. The van der Waals surface area contributed by atoms with E-state index in [0.29, 0.717) is 12.5 Å². The molecule has 1 fully saturated rings. The van der Waals surface area contributed by atoms with Gasteiger partial charge in [0.25, 0.3) is 0 Å². The Morgan fingerprint density at radius 1 is 1.29 bits per heavy atom. The quantitative estimate of drug-likeness (QED) is 0.791. The summed E-state index contributed by atoms with van der Waals surface area (Å²) in [7, 11) is 0. The zero-order valence-electron chi connectivity index (χ0n) is 9.52. The van der Waals surface area contributed by atoms with E-state index in [1.165, 1.54) is 18.5 Å². The molecule has 3 N–H and O–H groups in total. The lowest BCUT2D eigenvalue weighted by atomic mass is 10.3. The standard InChI is InChI=1S/C13H15N3O/c14-10-3-5-12(6-4-10)17-8-11-7-13(16-15-11)9-1-2-9/h3-7,9H,1-2,8,14H2,(H,15,16). The smallest absolute Gasteiger partial charge is 0.130 e. The second kappa shape index (κ2) is 4.13. The van der Waals surface area contributed by atoms with Crippen molar-refractivity contribution in [2.45, 2.75) is 25.4 Å². The minimum absolute atomic E-state index is 0.517. The fourth-order valence-corrected chi connectivity index (χ4v) is 1.77. The molecule has 1 saturated carbocycles. The maximum absolute atomic E-state index is 5.63. The Morgan fingerprint density at radius 3 is 2.76 bits per heavy atom. The highest BCUT2D eigenvalue weighted by Gasteiger charge is 2.25. The fourth-order valence-electron chi connectivity index (χ4n) is 1.77. The summed E-state index contributed by atoms with van der Waals surface area (Å²) in [4.78, 5) is 0. The second-order valence-electron chi connectivity index (χ2n) is 4.45. The van der Waals surface area contributed by atoms with Gasteiger partial charge in [0.1, 0.15) is 12.4 Å². The van der Waals surface area contributed by atoms with E-state index < -0.39 is 0 Å². The summed E-state index contributed by atoms with van der Waals surface area (Å²) in [6, 6.07) is 9.49. The van der Waals surface area contributed by atoms with E-state index in [2.05, 4.69) is 16.3 Å². The number of anilines is 1. The maximum Gasteiger partial charge on any atom is 0.130 e. The number of ether oxygens (including phenoxy) is 1. The van der Waals surface area contributed by atoms with Crippen molar-refractivity contribution in [3.05, 3.63) is 41.7 Å². The molecule has 88 valence electrons. The summed E-state index contributed by atoms with van der Waals surface area (Å²) < 4.78 is 5.63. The van der Waals surface area contributed by atoms with Crippen molar-refractivity contribution in [2.24, 2.45) is 0 Å². The molecule has 0 amide bonds. The highest BCUT2D eigenvalue weighted by Crippen LogP contribution is 2.39. The van der Waals surface area contributed by atoms with E-state index in [4.69, 9.17) is 10.5 Å². The Balaban J connectivity index is 1.60. The molecule has 1 aromatic heterocycles. The number of hydrogen-bond donors (Lipinski definition) is 2. The number of H-pyrrole nitrogens is 1. The predicted octanol–water partition coefficient (Wildman–Crippen LogP) is 2.45. The molecule has 4 heteroatoms. The van der Waals surface area contributed by atoms with Crippen molar-refractivity contribution in [1.29, 1.82) is 0 Å². The van der Waals surface area contributed by atoms with Gasteiger partial charge >= 0.3 is 0 Å². The van der Waals surface area contributed by atoms with Crippen molar-refractivity contribution in [2.75, 3.05) is 5.73 Å². The van der Waals surface area contributed by atoms with Gasteiger partial charge in [0.05, 0.1) is 11.4 Å². The molecule has 3 rings (SSSR count). The number of aromatic amines is 1. The number of nitrogens with zero attached hydrogens (tertiary/aromatic N) is 1. The van der Waals surface area contributed by atoms with Crippen LogP contribution in [0.1, 0.15) is 30.1 Å². The van der Waals surface area contributed by atoms with Gasteiger partial charge < -0.3 is 10.5 Å². The van der Waals surface area contributed by atoms with Crippen LogP contribution in [0.4, 0.5) is 5.69 Å². The Kier molecular flexibility index (Phi) is 2.48. The molecule has 0 spiro atoms. The zero-order chi connectivity index (χ0) is 11.7. The van der Waals surface area contributed by atoms with Crippen LogP contribution >= 0.6 is 0 Å². The van der Waals surface area contributed by atoms with E-state index in [1.807, 2.05) is 24.3 Å². The van der Waals surface area contributed by atoms with Gasteiger partial charge in [-0.1, -0.05) is 0 Å². The van der Waals surface area contributed by atoms with Gasteiger partial charge in [-0.15, -0.1) is 0 Å². The monoisotopic (exact) mass is 229 g/mol. The number of hydrogen-bond acceptors (Lipinski definition) is 3. The molecule has 1 heterocycles. The topological polar surface area (TPSA) is 63.9 Å². The van der Waals surface area contributed by atoms with E-state index in [9.17, 15) is 0 Å². The Morgan fingerprint density at radius 2 is 2.06 bits per heavy atom. The Labute approximate surface area is 99.8 Å². The van der Waals surface area contributed by atoms with E-state index in [1.54, 1.807) is 0 Å². The summed E-state index contributed by atoms with van der Waals surface area (Å²) >= 11 is 0. The zero-order valence-corrected chi connectivity index (χ0v) is 9.52. The van der Waals surface area contributed by atoms with Crippen LogP contribution in [0.3, 0.4) is 0 Å². The maximum atomic E-state index is 5.63. The lowest BCUT2D eigenvalue weighted by molar-refractivity contribution is 0.301. The van der Waals surface area contributed by atoms with Crippen LogP contribution in [-0.2, 0) is 6.61 Å². The number of aromatic nitrogens is 2. The lowest BCUT2D eigenvalue weighted by Gasteiger charge is -2.04. The molecule has 0 radical (unpaired) electrons. The number of nitrogens with two attached hydrogens (primary N) is 1. The first-order valence-corrected chi connectivity index (χ1v) is 5.84. The first kappa shape index (κ1) is 10.2. The molecular weight excluding hydrogens is 214 g/mol. The summed E-state index contributed by atoms with van der Waals surface area (Å²) in [5.74, 6) is 1.50. The summed E-state index contributed by atoms with van der Waals surface area (Å²) in [6.07, 6.45) is 2.53. The molecule has 2 aromatic rings. The van der Waals surface area contributed by atoms with Crippen LogP contribution in [0.5, 0.6) is 5.75 Å². The van der Waals surface area contributed by atoms with Crippen molar-refractivity contribution < 1.29 is 4.74 Å². The van der Waals surface area contributed by atoms with Crippen molar-refractivity contribution in [1.82, 2.24) is 10.2 Å². The van der Waals surface area contributed by atoms with Gasteiger partial charge in [0.2, 0.25) is 0 Å². The molecule has 0 atom stereocenters. The predicted molar refractivity (Wildman–Crippen MR) is 65.7 cm³/mol. The summed E-state index contributed by atoms with van der Waals surface area (Å²) in [5.41, 5.74) is 8.54. The number of nitrogens with one attached hydrogen (secondary N) is 1. The summed E-state index contributed by atoms with van der Waals surface area (Å²) in [5, 5.41) is 7.29. The molecule has 0 saturated heterocycles. The lowest BCUT2D eigenvalue weighted by Crippen LogP contribution is -1.95. The van der Waals surface area contributed by atoms with Crippen LogP contribution in [0.25, 0.3) is 0 Å². The first-order valence-electron chi connectivity index (χ1n) is 5.84. The average molecular weight is 229 g/mol. The van der Waals surface area contributed by atoms with Crippen LogP contribution in [0, 0.1) is 0 Å². The van der Waals surface area contributed by atoms with Gasteiger partial charge in [-0.2, -0.15) is 5.10 Å². The number of benzene rings is 1. The normalized spacial score (nSPS) is 14.8. The number of rotatable bonds is 4. The SMILES string of the molecule is Nc1ccc(OCc2cc(C3CC3)n[nH]2)cc1. The average Bonchev–Trinajstić information content (AvgIpc) is 3.09.